The molecule has 2 heterocycles. The highest BCUT2D eigenvalue weighted by atomic mass is 16.5. The fourth-order valence-electron chi connectivity index (χ4n) is 2.81. The molecule has 0 amide bonds. The molecule has 1 saturated heterocycles. The molecule has 1 aliphatic carbocycles. The molecule has 3 heteroatoms. The number of anilines is 1. The van der Waals surface area contributed by atoms with Gasteiger partial charge in [-0.2, -0.15) is 0 Å². The van der Waals surface area contributed by atoms with Crippen LogP contribution in [0.3, 0.4) is 0 Å². The van der Waals surface area contributed by atoms with Crippen molar-refractivity contribution in [3.05, 3.63) is 47.9 Å². The molecule has 1 aromatic rings. The van der Waals surface area contributed by atoms with Gasteiger partial charge in [0.1, 0.15) is 17.2 Å². The predicted molar refractivity (Wildman–Crippen MR) is 77.0 cm³/mol. The summed E-state index contributed by atoms with van der Waals surface area (Å²) in [5.74, 6) is 2.09. The first-order chi connectivity index (χ1) is 9.05. The lowest BCUT2D eigenvalue weighted by molar-refractivity contribution is 0.00643. The summed E-state index contributed by atoms with van der Waals surface area (Å²) in [7, 11) is 0. The number of rotatable bonds is 1. The Kier molecular flexibility index (Phi) is 2.85. The van der Waals surface area contributed by atoms with E-state index in [1.807, 2.05) is 18.3 Å². The van der Waals surface area contributed by atoms with Gasteiger partial charge < -0.3 is 9.64 Å². The molecule has 19 heavy (non-hydrogen) atoms. The monoisotopic (exact) mass is 256 g/mol. The third-order valence-electron chi connectivity index (χ3n) is 3.64. The van der Waals surface area contributed by atoms with Gasteiger partial charge >= 0.3 is 0 Å². The Morgan fingerprint density at radius 2 is 2.16 bits per heavy atom. The van der Waals surface area contributed by atoms with Gasteiger partial charge in [-0.3, -0.25) is 0 Å². The SMILES string of the molecule is CC1=CC=C2OC(C)(C)CN(c3ccccn3)C2C1. The molecule has 1 aromatic heterocycles. The van der Waals surface area contributed by atoms with Crippen LogP contribution in [-0.4, -0.2) is 23.2 Å². The molecule has 0 radical (unpaired) electrons. The highest BCUT2D eigenvalue weighted by molar-refractivity contribution is 5.46. The summed E-state index contributed by atoms with van der Waals surface area (Å²) < 4.78 is 6.12. The van der Waals surface area contributed by atoms with Crippen LogP contribution in [0.4, 0.5) is 5.82 Å². The Bertz CT molecular complexity index is 531. The lowest BCUT2D eigenvalue weighted by atomic mass is 9.93. The highest BCUT2D eigenvalue weighted by Crippen LogP contribution is 2.36. The fourth-order valence-corrected chi connectivity index (χ4v) is 2.81. The van der Waals surface area contributed by atoms with Crippen LogP contribution in [0.25, 0.3) is 0 Å². The van der Waals surface area contributed by atoms with Gasteiger partial charge in [0.25, 0.3) is 0 Å². The number of allylic oxidation sites excluding steroid dienone is 2. The summed E-state index contributed by atoms with van der Waals surface area (Å²) in [5.41, 5.74) is 1.21. The number of hydrogen-bond donors (Lipinski definition) is 0. The maximum absolute atomic E-state index is 6.12. The number of aromatic nitrogens is 1. The summed E-state index contributed by atoms with van der Waals surface area (Å²) in [4.78, 5) is 6.87. The minimum Gasteiger partial charge on any atom is -0.488 e. The average Bonchev–Trinajstić information content (AvgIpc) is 2.39. The van der Waals surface area contributed by atoms with E-state index in [1.54, 1.807) is 0 Å². The van der Waals surface area contributed by atoms with Crippen LogP contribution in [0.5, 0.6) is 0 Å². The first-order valence-corrected chi connectivity index (χ1v) is 6.79. The van der Waals surface area contributed by atoms with E-state index in [4.69, 9.17) is 4.74 Å². The number of nitrogens with zero attached hydrogens (tertiary/aromatic N) is 2. The minimum absolute atomic E-state index is 0.182. The lowest BCUT2D eigenvalue weighted by Crippen LogP contribution is -2.53. The zero-order chi connectivity index (χ0) is 13.5. The van der Waals surface area contributed by atoms with Gasteiger partial charge in [-0.25, -0.2) is 4.98 Å². The maximum atomic E-state index is 6.12. The second kappa shape index (κ2) is 4.41. The van der Waals surface area contributed by atoms with Gasteiger partial charge in [0, 0.05) is 6.20 Å². The van der Waals surface area contributed by atoms with Crippen molar-refractivity contribution >= 4 is 5.82 Å². The van der Waals surface area contributed by atoms with Gasteiger partial charge in [-0.1, -0.05) is 17.7 Å². The van der Waals surface area contributed by atoms with Crippen molar-refractivity contribution < 1.29 is 4.74 Å². The summed E-state index contributed by atoms with van der Waals surface area (Å²) in [6, 6.07) is 6.36. The molecular weight excluding hydrogens is 236 g/mol. The van der Waals surface area contributed by atoms with Gasteiger partial charge in [0.2, 0.25) is 0 Å². The van der Waals surface area contributed by atoms with Crippen LogP contribution < -0.4 is 4.90 Å². The van der Waals surface area contributed by atoms with E-state index in [1.165, 1.54) is 5.57 Å². The summed E-state index contributed by atoms with van der Waals surface area (Å²) in [5, 5.41) is 0. The van der Waals surface area contributed by atoms with Crippen molar-refractivity contribution in [2.24, 2.45) is 0 Å². The predicted octanol–water partition coefficient (Wildman–Crippen LogP) is 3.30. The highest BCUT2D eigenvalue weighted by Gasteiger charge is 2.39. The standard InChI is InChI=1S/C16H20N2O/c1-12-7-8-14-13(10-12)18(11-16(2,3)19-14)15-6-4-5-9-17-15/h4-9,13H,10-11H2,1-3H3. The zero-order valence-corrected chi connectivity index (χ0v) is 11.8. The van der Waals surface area contributed by atoms with E-state index in [9.17, 15) is 0 Å². The Morgan fingerprint density at radius 3 is 2.89 bits per heavy atom. The van der Waals surface area contributed by atoms with Crippen LogP contribution in [-0.2, 0) is 4.74 Å². The molecule has 1 fully saturated rings. The number of fused-ring (bicyclic) bond motifs is 1. The molecule has 0 bridgehead atoms. The largest absolute Gasteiger partial charge is 0.488 e. The van der Waals surface area contributed by atoms with Crippen LogP contribution in [0.1, 0.15) is 27.2 Å². The van der Waals surface area contributed by atoms with E-state index in [0.29, 0.717) is 0 Å². The zero-order valence-electron chi connectivity index (χ0n) is 11.8. The molecule has 1 unspecified atom stereocenters. The number of morpholine rings is 1. The van der Waals surface area contributed by atoms with E-state index in [0.717, 1.165) is 24.5 Å². The summed E-state index contributed by atoms with van der Waals surface area (Å²) >= 11 is 0. The smallest absolute Gasteiger partial charge is 0.129 e. The Balaban J connectivity index is 1.99. The van der Waals surface area contributed by atoms with Crippen molar-refractivity contribution in [2.45, 2.75) is 38.8 Å². The molecule has 0 saturated carbocycles. The quantitative estimate of drug-likeness (QED) is 0.771. The molecular formula is C16H20N2O. The van der Waals surface area contributed by atoms with Gasteiger partial charge in [0.15, 0.2) is 0 Å². The normalized spacial score (nSPS) is 25.0. The van der Waals surface area contributed by atoms with Crippen LogP contribution >= 0.6 is 0 Å². The molecule has 3 nitrogen and oxygen atoms in total. The molecule has 0 N–H and O–H groups in total. The van der Waals surface area contributed by atoms with Crippen molar-refractivity contribution in [3.63, 3.8) is 0 Å². The second-order valence-corrected chi connectivity index (χ2v) is 5.98. The van der Waals surface area contributed by atoms with Crippen LogP contribution in [0.2, 0.25) is 0 Å². The molecule has 2 aliphatic rings. The minimum atomic E-state index is -0.182. The Morgan fingerprint density at radius 1 is 1.32 bits per heavy atom. The molecule has 100 valence electrons. The van der Waals surface area contributed by atoms with Crippen molar-refractivity contribution in [1.82, 2.24) is 4.98 Å². The molecule has 0 spiro atoms. The third-order valence-corrected chi connectivity index (χ3v) is 3.64. The van der Waals surface area contributed by atoms with E-state index in [2.05, 4.69) is 48.9 Å². The Hall–Kier alpha value is -1.77. The molecule has 3 rings (SSSR count). The summed E-state index contributed by atoms with van der Waals surface area (Å²) in [6.45, 7) is 7.29. The molecule has 0 aromatic carbocycles. The van der Waals surface area contributed by atoms with E-state index >= 15 is 0 Å². The van der Waals surface area contributed by atoms with E-state index < -0.39 is 0 Å². The Labute approximate surface area is 114 Å². The second-order valence-electron chi connectivity index (χ2n) is 5.98. The van der Waals surface area contributed by atoms with Crippen LogP contribution in [0, 0.1) is 0 Å². The lowest BCUT2D eigenvalue weighted by Gasteiger charge is -2.47. The molecule has 1 atom stereocenters. The topological polar surface area (TPSA) is 25.4 Å². The van der Waals surface area contributed by atoms with E-state index in [-0.39, 0.29) is 11.6 Å². The molecule has 1 aliphatic heterocycles. The third kappa shape index (κ3) is 2.37. The van der Waals surface area contributed by atoms with Gasteiger partial charge in [0.05, 0.1) is 12.6 Å². The number of hydrogen-bond acceptors (Lipinski definition) is 3. The van der Waals surface area contributed by atoms with Crippen molar-refractivity contribution in [3.8, 4) is 0 Å². The first kappa shape index (κ1) is 12.3. The first-order valence-electron chi connectivity index (χ1n) is 6.79. The van der Waals surface area contributed by atoms with Crippen molar-refractivity contribution in [2.75, 3.05) is 11.4 Å². The fraction of sp³-hybridized carbons (Fsp3) is 0.438. The average molecular weight is 256 g/mol. The number of ether oxygens (including phenoxy) is 1. The maximum Gasteiger partial charge on any atom is 0.129 e. The van der Waals surface area contributed by atoms with Gasteiger partial charge in [-0.15, -0.1) is 0 Å². The van der Waals surface area contributed by atoms with Crippen LogP contribution in [0.15, 0.2) is 47.9 Å². The van der Waals surface area contributed by atoms with Crippen molar-refractivity contribution in [1.29, 1.82) is 0 Å². The number of pyridine rings is 1. The van der Waals surface area contributed by atoms with Gasteiger partial charge in [-0.05, 0) is 45.4 Å². The summed E-state index contributed by atoms with van der Waals surface area (Å²) in [6.07, 6.45) is 7.13.